The third-order valence-electron chi connectivity index (χ3n) is 1.35. The van der Waals surface area contributed by atoms with E-state index < -0.39 is 16.6 Å². The first-order valence-electron chi connectivity index (χ1n) is 5.42. The molecule has 0 aliphatic rings. The van der Waals surface area contributed by atoms with Crippen molar-refractivity contribution in [2.45, 2.75) is 59.0 Å². The van der Waals surface area contributed by atoms with Gasteiger partial charge in [0.25, 0.3) is 0 Å². The molecule has 2 nitrogen and oxygen atoms in total. The van der Waals surface area contributed by atoms with Crippen molar-refractivity contribution in [1.82, 2.24) is 0 Å². The van der Waals surface area contributed by atoms with Crippen LogP contribution in [0.15, 0.2) is 4.66 Å². The molecule has 0 spiro atoms. The van der Waals surface area contributed by atoms with Gasteiger partial charge in [-0.05, 0) is 45.7 Å². The summed E-state index contributed by atoms with van der Waals surface area (Å²) in [4.78, 5) is 0. The van der Waals surface area contributed by atoms with Crippen LogP contribution in [0.25, 0.3) is 0 Å². The molecule has 0 amide bonds. The molecule has 0 N–H and O–H groups in total. The van der Waals surface area contributed by atoms with Crippen LogP contribution in [-0.4, -0.2) is 22.5 Å². The molecule has 4 heteroatoms. The maximum absolute atomic E-state index is 5.98. The molecule has 0 bridgehead atoms. The van der Waals surface area contributed by atoms with Crippen LogP contribution in [0, 0.1) is 0 Å². The smallest absolute Gasteiger partial charge is 0.243 e. The number of rotatable bonds is 4. The highest BCUT2D eigenvalue weighted by molar-refractivity contribution is 6.76. The van der Waals surface area contributed by atoms with E-state index in [0.29, 0.717) is 0 Å². The van der Waals surface area contributed by atoms with Crippen molar-refractivity contribution in [3.8, 4) is 0 Å². The lowest BCUT2D eigenvalue weighted by molar-refractivity contribution is 0.531. The lowest BCUT2D eigenvalue weighted by Gasteiger charge is -2.23. The summed E-state index contributed by atoms with van der Waals surface area (Å²) in [5.74, 6) is 1.01. The molecular weight excluding hydrogens is 206 g/mol. The largest absolute Gasteiger partial charge is 0.535 e. The lowest BCUT2D eigenvalue weighted by Crippen LogP contribution is -2.31. The molecular formula is C10H25NOSi2. The van der Waals surface area contributed by atoms with Gasteiger partial charge in [-0.3, -0.25) is 4.66 Å². The molecule has 0 aliphatic carbocycles. The van der Waals surface area contributed by atoms with Gasteiger partial charge >= 0.3 is 0 Å². The van der Waals surface area contributed by atoms with Crippen molar-refractivity contribution in [2.75, 3.05) is 0 Å². The van der Waals surface area contributed by atoms with Gasteiger partial charge in [0.15, 0.2) is 14.1 Å². The van der Waals surface area contributed by atoms with E-state index in [-0.39, 0.29) is 0 Å². The van der Waals surface area contributed by atoms with Crippen LogP contribution >= 0.6 is 0 Å². The highest BCUT2D eigenvalue weighted by Crippen LogP contribution is 2.11. The minimum Gasteiger partial charge on any atom is -0.535 e. The molecule has 0 rings (SSSR count). The molecule has 0 aliphatic heterocycles. The van der Waals surface area contributed by atoms with Crippen molar-refractivity contribution < 1.29 is 4.43 Å². The molecule has 0 saturated carbocycles. The van der Waals surface area contributed by atoms with Crippen molar-refractivity contribution in [3.05, 3.63) is 0 Å². The van der Waals surface area contributed by atoms with E-state index in [0.717, 1.165) is 18.7 Å². The first kappa shape index (κ1) is 13.9. The average Bonchev–Trinajstić information content (AvgIpc) is 1.78. The first-order chi connectivity index (χ1) is 6.14. The molecule has 0 radical (unpaired) electrons. The molecule has 0 saturated heterocycles. The Hall–Kier alpha value is -0.0962. The minimum absolute atomic E-state index is 0.995. The van der Waals surface area contributed by atoms with Gasteiger partial charge in [0.2, 0.25) is 8.32 Å². The molecule has 0 heterocycles. The van der Waals surface area contributed by atoms with Crippen molar-refractivity contribution >= 4 is 22.5 Å². The fourth-order valence-corrected chi connectivity index (χ4v) is 2.92. The highest BCUT2D eigenvalue weighted by Gasteiger charge is 2.20. The monoisotopic (exact) mass is 231 g/mol. The number of hydrogen-bond donors (Lipinski definition) is 0. The Bertz CT molecular complexity index is 201. The Morgan fingerprint density at radius 1 is 1.07 bits per heavy atom. The molecule has 84 valence electrons. The van der Waals surface area contributed by atoms with Crippen molar-refractivity contribution in [1.29, 1.82) is 0 Å². The normalized spacial score (nSPS) is 14.4. The van der Waals surface area contributed by atoms with Crippen LogP contribution in [0.3, 0.4) is 0 Å². The zero-order chi connectivity index (χ0) is 11.4. The van der Waals surface area contributed by atoms with E-state index in [4.69, 9.17) is 9.08 Å². The lowest BCUT2D eigenvalue weighted by atomic mass is 10.3. The molecule has 0 fully saturated rings. The summed E-state index contributed by atoms with van der Waals surface area (Å²) in [6, 6.07) is 0. The molecule has 14 heavy (non-hydrogen) atoms. The summed E-state index contributed by atoms with van der Waals surface area (Å²) in [6.07, 6.45) is 2.11. The van der Waals surface area contributed by atoms with Crippen LogP contribution in [0.5, 0.6) is 0 Å². The van der Waals surface area contributed by atoms with E-state index >= 15 is 0 Å². The maximum Gasteiger partial charge on any atom is 0.243 e. The second-order valence-electron chi connectivity index (χ2n) is 5.64. The zero-order valence-corrected chi connectivity index (χ0v) is 12.8. The van der Waals surface area contributed by atoms with Gasteiger partial charge in [-0.25, -0.2) is 0 Å². The minimum atomic E-state index is -1.47. The first-order valence-corrected chi connectivity index (χ1v) is 12.3. The van der Waals surface area contributed by atoms with Crippen LogP contribution < -0.4 is 0 Å². The van der Waals surface area contributed by atoms with Gasteiger partial charge < -0.3 is 4.43 Å². The van der Waals surface area contributed by atoms with Crippen molar-refractivity contribution in [3.63, 3.8) is 0 Å². The second kappa shape index (κ2) is 5.12. The molecule has 0 aromatic rings. The fourth-order valence-electron chi connectivity index (χ4n) is 1.07. The van der Waals surface area contributed by atoms with E-state index in [2.05, 4.69) is 46.2 Å². The Balaban J connectivity index is 4.53. The molecule has 0 unspecified atom stereocenters. The summed E-state index contributed by atoms with van der Waals surface area (Å²) in [6.45, 7) is 15.5. The fraction of sp³-hybridized carbons (Fsp3) is 0.900. The van der Waals surface area contributed by atoms with Crippen LogP contribution in [0.1, 0.15) is 19.8 Å². The van der Waals surface area contributed by atoms with E-state index in [1.54, 1.807) is 0 Å². The Kier molecular flexibility index (Phi) is 5.08. The van der Waals surface area contributed by atoms with Gasteiger partial charge in [0, 0.05) is 6.42 Å². The summed E-state index contributed by atoms with van der Waals surface area (Å²) < 4.78 is 10.7. The Morgan fingerprint density at radius 3 is 1.86 bits per heavy atom. The summed E-state index contributed by atoms with van der Waals surface area (Å²) in [7, 11) is -2.84. The van der Waals surface area contributed by atoms with Crippen LogP contribution in [-0.2, 0) is 4.43 Å². The quantitative estimate of drug-likeness (QED) is 0.409. The summed E-state index contributed by atoms with van der Waals surface area (Å²) in [5.41, 5.74) is 0. The van der Waals surface area contributed by atoms with E-state index in [1.165, 1.54) is 0 Å². The third kappa shape index (κ3) is 8.50. The highest BCUT2D eigenvalue weighted by atomic mass is 28.4. The van der Waals surface area contributed by atoms with Crippen LogP contribution in [0.2, 0.25) is 39.3 Å². The average molecular weight is 231 g/mol. The van der Waals surface area contributed by atoms with Gasteiger partial charge in [-0.1, -0.05) is 6.92 Å². The van der Waals surface area contributed by atoms with Crippen molar-refractivity contribution in [2.24, 2.45) is 4.66 Å². The predicted molar refractivity (Wildman–Crippen MR) is 70.1 cm³/mol. The summed E-state index contributed by atoms with van der Waals surface area (Å²) in [5, 5.41) is 0. The standard InChI is InChI=1S/C10H25NOSi2/c1-8-9-10(11-13(2,3)4)12-14(5,6)7/h8-9H2,1-7H3/b11-10+. The van der Waals surface area contributed by atoms with Crippen LogP contribution in [0.4, 0.5) is 0 Å². The van der Waals surface area contributed by atoms with E-state index in [9.17, 15) is 0 Å². The molecule has 0 aromatic heterocycles. The van der Waals surface area contributed by atoms with Gasteiger partial charge in [-0.15, -0.1) is 0 Å². The molecule has 0 atom stereocenters. The summed E-state index contributed by atoms with van der Waals surface area (Å²) >= 11 is 0. The Morgan fingerprint density at radius 2 is 1.57 bits per heavy atom. The van der Waals surface area contributed by atoms with Gasteiger partial charge in [-0.2, -0.15) is 0 Å². The van der Waals surface area contributed by atoms with Gasteiger partial charge in [0.1, 0.15) is 0 Å². The maximum atomic E-state index is 5.98. The Labute approximate surface area is 91.0 Å². The zero-order valence-electron chi connectivity index (χ0n) is 10.8. The van der Waals surface area contributed by atoms with E-state index in [1.807, 2.05) is 0 Å². The SMILES string of the molecule is CCC/C(=N\[Si](C)(C)C)O[Si](C)(C)C. The third-order valence-corrected chi connectivity index (χ3v) is 3.12. The topological polar surface area (TPSA) is 21.6 Å². The van der Waals surface area contributed by atoms with Gasteiger partial charge in [0.05, 0.1) is 0 Å². The predicted octanol–water partition coefficient (Wildman–Crippen LogP) is 3.87. The number of nitrogens with zero attached hydrogens (tertiary/aromatic N) is 1. The second-order valence-corrected chi connectivity index (χ2v) is 14.6. The number of hydrogen-bond acceptors (Lipinski definition) is 2. The molecule has 0 aromatic carbocycles.